The Bertz CT molecular complexity index is 1190. The van der Waals surface area contributed by atoms with Gasteiger partial charge in [-0.15, -0.1) is 0 Å². The van der Waals surface area contributed by atoms with Crippen LogP contribution in [0.4, 0.5) is 21.9 Å². The Morgan fingerprint density at radius 2 is 1.77 bits per heavy atom. The van der Waals surface area contributed by atoms with Gasteiger partial charge in [-0.3, -0.25) is 4.79 Å². The van der Waals surface area contributed by atoms with Crippen LogP contribution < -0.4 is 25.6 Å². The van der Waals surface area contributed by atoms with E-state index < -0.39 is 0 Å². The molecule has 4 rings (SSSR count). The van der Waals surface area contributed by atoms with Crippen LogP contribution in [0.25, 0.3) is 0 Å². The fourth-order valence-corrected chi connectivity index (χ4v) is 3.91. The number of nitrogens with one attached hydrogen (secondary N) is 3. The molecule has 1 fully saturated rings. The highest BCUT2D eigenvalue weighted by Gasteiger charge is 2.18. The monoisotopic (exact) mass is 474 g/mol. The Labute approximate surface area is 205 Å². The minimum Gasteiger partial charge on any atom is -0.497 e. The van der Waals surface area contributed by atoms with Crippen molar-refractivity contribution < 1.29 is 19.1 Å². The lowest BCUT2D eigenvalue weighted by Crippen LogP contribution is -2.37. The zero-order valence-corrected chi connectivity index (χ0v) is 20.0. The molecule has 0 spiro atoms. The minimum atomic E-state index is -0.343. The second-order valence-electron chi connectivity index (χ2n) is 8.31. The highest BCUT2D eigenvalue weighted by atomic mass is 16.5. The lowest BCUT2D eigenvalue weighted by molar-refractivity contribution is 0.102. The fraction of sp³-hybridized carbons (Fsp3) is 0.259. The standard InChI is InChI=1S/C27H30N4O4/c1-19-5-3-7-21(15-19)26(32)29-22-9-10-25(31-11-13-35-14-12-31)24(17-22)30-27(33)28-18-20-6-4-8-23(16-20)34-2/h3-10,15-17H,11-14,18H2,1-2H3,(H,29,32)(H2,28,30,33). The number of rotatable bonds is 7. The van der Waals surface area contributed by atoms with Crippen molar-refractivity contribution >= 4 is 29.0 Å². The molecule has 1 aliphatic heterocycles. The smallest absolute Gasteiger partial charge is 0.319 e. The van der Waals surface area contributed by atoms with Crippen LogP contribution in [0.2, 0.25) is 0 Å². The van der Waals surface area contributed by atoms with Crippen molar-refractivity contribution in [2.24, 2.45) is 0 Å². The van der Waals surface area contributed by atoms with Gasteiger partial charge in [0.25, 0.3) is 5.91 Å². The van der Waals surface area contributed by atoms with E-state index in [4.69, 9.17) is 9.47 Å². The molecule has 35 heavy (non-hydrogen) atoms. The Kier molecular flexibility index (Phi) is 7.84. The van der Waals surface area contributed by atoms with E-state index in [1.54, 1.807) is 19.2 Å². The van der Waals surface area contributed by atoms with Crippen LogP contribution in [0.5, 0.6) is 5.75 Å². The molecule has 3 amide bonds. The van der Waals surface area contributed by atoms with Crippen LogP contribution in [-0.4, -0.2) is 45.4 Å². The fourth-order valence-electron chi connectivity index (χ4n) is 3.91. The van der Waals surface area contributed by atoms with Crippen molar-refractivity contribution in [3.63, 3.8) is 0 Å². The van der Waals surface area contributed by atoms with Crippen LogP contribution in [0.3, 0.4) is 0 Å². The lowest BCUT2D eigenvalue weighted by atomic mass is 10.1. The zero-order chi connectivity index (χ0) is 24.6. The quantitative estimate of drug-likeness (QED) is 0.472. The number of aryl methyl sites for hydroxylation is 1. The van der Waals surface area contributed by atoms with Gasteiger partial charge in [-0.2, -0.15) is 0 Å². The molecular formula is C27H30N4O4. The van der Waals surface area contributed by atoms with Gasteiger partial charge >= 0.3 is 6.03 Å². The molecule has 0 bridgehead atoms. The Morgan fingerprint density at radius 1 is 0.971 bits per heavy atom. The van der Waals surface area contributed by atoms with Gasteiger partial charge in [-0.25, -0.2) is 4.79 Å². The molecule has 8 heteroatoms. The number of urea groups is 1. The van der Waals surface area contributed by atoms with E-state index in [0.29, 0.717) is 36.7 Å². The van der Waals surface area contributed by atoms with E-state index in [2.05, 4.69) is 20.9 Å². The average Bonchev–Trinajstić information content (AvgIpc) is 2.88. The molecule has 3 aromatic rings. The van der Waals surface area contributed by atoms with Crippen molar-refractivity contribution in [1.29, 1.82) is 0 Å². The van der Waals surface area contributed by atoms with E-state index in [0.717, 1.165) is 35.7 Å². The van der Waals surface area contributed by atoms with Crippen LogP contribution in [0.15, 0.2) is 66.7 Å². The summed E-state index contributed by atoms with van der Waals surface area (Å²) in [4.78, 5) is 27.7. The summed E-state index contributed by atoms with van der Waals surface area (Å²) in [6, 6.07) is 20.1. The summed E-state index contributed by atoms with van der Waals surface area (Å²) in [5.74, 6) is 0.526. The van der Waals surface area contributed by atoms with Gasteiger partial charge in [-0.1, -0.05) is 29.8 Å². The van der Waals surface area contributed by atoms with E-state index >= 15 is 0 Å². The lowest BCUT2D eigenvalue weighted by Gasteiger charge is -2.30. The van der Waals surface area contributed by atoms with Gasteiger partial charge in [0.2, 0.25) is 0 Å². The number of hydrogen-bond acceptors (Lipinski definition) is 5. The van der Waals surface area contributed by atoms with E-state index in [1.807, 2.05) is 61.5 Å². The molecule has 0 unspecified atom stereocenters. The number of anilines is 3. The number of morpholine rings is 1. The Morgan fingerprint density at radius 3 is 2.54 bits per heavy atom. The third kappa shape index (κ3) is 6.51. The Balaban J connectivity index is 1.50. The second-order valence-corrected chi connectivity index (χ2v) is 8.31. The molecule has 1 heterocycles. The molecule has 3 aromatic carbocycles. The molecule has 0 aromatic heterocycles. The summed E-state index contributed by atoms with van der Waals surface area (Å²) in [7, 11) is 1.61. The first kappa shape index (κ1) is 24.1. The summed E-state index contributed by atoms with van der Waals surface area (Å²) in [5, 5.41) is 8.77. The molecule has 1 saturated heterocycles. The van der Waals surface area contributed by atoms with Crippen LogP contribution >= 0.6 is 0 Å². The molecule has 0 aliphatic carbocycles. The maximum atomic E-state index is 12.8. The molecular weight excluding hydrogens is 444 g/mol. The van der Waals surface area contributed by atoms with Crippen molar-refractivity contribution in [3.8, 4) is 5.75 Å². The predicted molar refractivity (Wildman–Crippen MR) is 137 cm³/mol. The minimum absolute atomic E-state index is 0.207. The SMILES string of the molecule is COc1cccc(CNC(=O)Nc2cc(NC(=O)c3cccc(C)c3)ccc2N2CCOCC2)c1. The highest BCUT2D eigenvalue weighted by molar-refractivity contribution is 6.05. The first-order valence-corrected chi connectivity index (χ1v) is 11.5. The maximum absolute atomic E-state index is 12.8. The van der Waals surface area contributed by atoms with Crippen LogP contribution in [0.1, 0.15) is 21.5 Å². The summed E-state index contributed by atoms with van der Waals surface area (Å²) in [6.45, 7) is 4.96. The molecule has 0 radical (unpaired) electrons. The first-order valence-electron chi connectivity index (χ1n) is 11.5. The first-order chi connectivity index (χ1) is 17.0. The van der Waals surface area contributed by atoms with Gasteiger partial charge in [0.1, 0.15) is 5.75 Å². The molecule has 0 atom stereocenters. The Hall–Kier alpha value is -4.04. The summed E-state index contributed by atoms with van der Waals surface area (Å²) in [6.07, 6.45) is 0. The van der Waals surface area contributed by atoms with E-state index in [1.165, 1.54) is 0 Å². The van der Waals surface area contributed by atoms with Crippen LogP contribution in [-0.2, 0) is 11.3 Å². The van der Waals surface area contributed by atoms with E-state index in [-0.39, 0.29) is 11.9 Å². The predicted octanol–water partition coefficient (Wildman–Crippen LogP) is 4.41. The van der Waals surface area contributed by atoms with Crippen molar-refractivity contribution in [2.75, 3.05) is 48.9 Å². The summed E-state index contributed by atoms with van der Waals surface area (Å²) < 4.78 is 10.7. The number of carbonyl (C=O) groups is 2. The third-order valence-corrected chi connectivity index (χ3v) is 5.72. The molecule has 182 valence electrons. The highest BCUT2D eigenvalue weighted by Crippen LogP contribution is 2.30. The van der Waals surface area contributed by atoms with E-state index in [9.17, 15) is 9.59 Å². The van der Waals surface area contributed by atoms with Crippen molar-refractivity contribution in [2.45, 2.75) is 13.5 Å². The maximum Gasteiger partial charge on any atom is 0.319 e. The molecule has 8 nitrogen and oxygen atoms in total. The number of benzene rings is 3. The number of hydrogen-bond donors (Lipinski definition) is 3. The summed E-state index contributed by atoms with van der Waals surface area (Å²) in [5.41, 5.74) is 4.59. The number of nitrogens with zero attached hydrogens (tertiary/aromatic N) is 1. The van der Waals surface area contributed by atoms with Crippen LogP contribution in [0, 0.1) is 6.92 Å². The largest absolute Gasteiger partial charge is 0.497 e. The molecule has 0 saturated carbocycles. The van der Waals surface area contributed by atoms with Crippen molar-refractivity contribution in [3.05, 3.63) is 83.4 Å². The number of carbonyl (C=O) groups excluding carboxylic acids is 2. The average molecular weight is 475 g/mol. The topological polar surface area (TPSA) is 91.9 Å². The molecule has 3 N–H and O–H groups in total. The normalized spacial score (nSPS) is 13.1. The van der Waals surface area contributed by atoms with Crippen molar-refractivity contribution in [1.82, 2.24) is 5.32 Å². The van der Waals surface area contributed by atoms with Gasteiger partial charge in [0.05, 0.1) is 31.7 Å². The van der Waals surface area contributed by atoms with Gasteiger partial charge in [0, 0.05) is 30.9 Å². The van der Waals surface area contributed by atoms with Gasteiger partial charge < -0.3 is 30.3 Å². The number of ether oxygens (including phenoxy) is 2. The second kappa shape index (κ2) is 11.4. The third-order valence-electron chi connectivity index (χ3n) is 5.72. The number of amides is 3. The van der Waals surface area contributed by atoms with Gasteiger partial charge in [-0.05, 0) is 55.0 Å². The molecule has 1 aliphatic rings. The number of methoxy groups -OCH3 is 1. The van der Waals surface area contributed by atoms with Gasteiger partial charge in [0.15, 0.2) is 0 Å². The summed E-state index contributed by atoms with van der Waals surface area (Å²) >= 11 is 0. The zero-order valence-electron chi connectivity index (χ0n) is 20.0.